The van der Waals surface area contributed by atoms with Gasteiger partial charge in [-0.1, -0.05) is 315 Å². The minimum Gasteiger partial charge on any atom is -0.456 e. The summed E-state index contributed by atoms with van der Waals surface area (Å²) in [6.45, 7) is 0. The molecule has 0 N–H and O–H groups in total. The van der Waals surface area contributed by atoms with Crippen LogP contribution in [0.3, 0.4) is 0 Å². The van der Waals surface area contributed by atoms with Crippen LogP contribution in [0.1, 0.15) is 0 Å². The summed E-state index contributed by atoms with van der Waals surface area (Å²) in [5.74, 6) is 1.29. The van der Waals surface area contributed by atoms with Crippen molar-refractivity contribution in [3.63, 3.8) is 0 Å². The average molecular weight is 1610 g/mol. The number of rotatable bonds is 12. The van der Waals surface area contributed by atoms with Crippen LogP contribution < -0.4 is 0 Å². The van der Waals surface area contributed by atoms with E-state index >= 15 is 0 Å². The highest BCUT2D eigenvalue weighted by Crippen LogP contribution is 2.48. The Morgan fingerprint density at radius 2 is 0.405 bits per heavy atom. The smallest absolute Gasteiger partial charge is 0.160 e. The number of aromatic nitrogens is 4. The molecule has 8 aromatic heterocycles. The van der Waals surface area contributed by atoms with Gasteiger partial charge in [0.15, 0.2) is 11.6 Å². The lowest BCUT2D eigenvalue weighted by Crippen LogP contribution is -1.97. The van der Waals surface area contributed by atoms with Gasteiger partial charge in [-0.3, -0.25) is 0 Å². The van der Waals surface area contributed by atoms with Gasteiger partial charge in [-0.25, -0.2) is 19.9 Å². The Bertz CT molecular complexity index is 8850. The Morgan fingerprint density at radius 1 is 0.127 bits per heavy atom. The SMILES string of the molecule is c1ccc(-c2nc(-c3ccc(-c4ccc5oc6ccccc6c5c4)cc3)cc(-c3cc(-c4ccc5oc6ccccc6c5c4)ccc3-c3ccc4oc5ccccc5c4c3)n2)cc1.c1ccc(-c2nc(-c3ccc(-c4cccc5c4oc4ccccc45)cc3)cc(-c3cc(-c4cccc5c4oc4ccccc45)ccc3-c3cccc4c3oc3ccccc34)n2)cc1. The number of nitrogens with zero attached hydrogens (tertiary/aromatic N) is 4. The fourth-order valence-corrected chi connectivity index (χ4v) is 18.5. The van der Waals surface area contributed by atoms with Gasteiger partial charge in [0.1, 0.15) is 67.0 Å². The molecular formula is C116H68N4O6. The van der Waals surface area contributed by atoms with Gasteiger partial charge in [0.05, 0.1) is 22.8 Å². The molecule has 0 fully saturated rings. The van der Waals surface area contributed by atoms with Crippen LogP contribution in [0, 0.1) is 0 Å². The maximum atomic E-state index is 6.66. The third-order valence-corrected chi connectivity index (χ3v) is 24.7. The van der Waals surface area contributed by atoms with E-state index in [4.69, 9.17) is 46.4 Å². The molecule has 0 bridgehead atoms. The van der Waals surface area contributed by atoms with E-state index in [-0.39, 0.29) is 0 Å². The summed E-state index contributed by atoms with van der Waals surface area (Å²) in [5.41, 5.74) is 32.1. The van der Waals surface area contributed by atoms with Gasteiger partial charge in [0.25, 0.3) is 0 Å². The number of hydrogen-bond donors (Lipinski definition) is 0. The van der Waals surface area contributed by atoms with Crippen LogP contribution in [0.25, 0.3) is 266 Å². The number of fused-ring (bicyclic) bond motifs is 18. The zero-order valence-electron chi connectivity index (χ0n) is 67.5. The van der Waals surface area contributed by atoms with Gasteiger partial charge < -0.3 is 26.5 Å². The number of benzene rings is 18. The van der Waals surface area contributed by atoms with Gasteiger partial charge in [0, 0.05) is 115 Å². The molecule has 0 saturated carbocycles. The summed E-state index contributed by atoms with van der Waals surface area (Å²) < 4.78 is 38.3. The van der Waals surface area contributed by atoms with Crippen molar-refractivity contribution in [3.8, 4) is 135 Å². The van der Waals surface area contributed by atoms with E-state index in [2.05, 4.69) is 303 Å². The Labute approximate surface area is 720 Å². The molecule has 0 aliphatic heterocycles. The van der Waals surface area contributed by atoms with Crippen molar-refractivity contribution < 1.29 is 26.5 Å². The van der Waals surface area contributed by atoms with E-state index in [0.717, 1.165) is 255 Å². The van der Waals surface area contributed by atoms with Crippen molar-refractivity contribution in [2.45, 2.75) is 0 Å². The molecular weight excluding hydrogens is 1550 g/mol. The summed E-state index contributed by atoms with van der Waals surface area (Å²) in [6, 6.07) is 143. The lowest BCUT2D eigenvalue weighted by atomic mass is 9.91. The fourth-order valence-electron chi connectivity index (χ4n) is 18.5. The molecule has 0 spiro atoms. The third kappa shape index (κ3) is 12.3. The van der Waals surface area contributed by atoms with Crippen LogP contribution in [0.4, 0.5) is 0 Å². The van der Waals surface area contributed by atoms with E-state index in [1.54, 1.807) is 0 Å². The van der Waals surface area contributed by atoms with Gasteiger partial charge >= 0.3 is 0 Å². The molecule has 18 aromatic carbocycles. The fraction of sp³-hybridized carbons (Fsp3) is 0. The zero-order chi connectivity index (χ0) is 82.9. The normalized spacial score (nSPS) is 11.8. The average Bonchev–Trinajstić information content (AvgIpc) is 1.42. The molecule has 0 aliphatic rings. The first-order valence-electron chi connectivity index (χ1n) is 42.2. The molecule has 26 aromatic rings. The summed E-state index contributed by atoms with van der Waals surface area (Å²) in [5, 5.41) is 13.1. The van der Waals surface area contributed by atoms with Gasteiger partial charge in [-0.15, -0.1) is 0 Å². The van der Waals surface area contributed by atoms with E-state index < -0.39 is 0 Å². The second-order valence-corrected chi connectivity index (χ2v) is 32.1. The minimum absolute atomic E-state index is 0.636. The first kappa shape index (κ1) is 71.8. The summed E-state index contributed by atoms with van der Waals surface area (Å²) in [4.78, 5) is 21.2. The maximum Gasteiger partial charge on any atom is 0.160 e. The predicted molar refractivity (Wildman–Crippen MR) is 513 cm³/mol. The van der Waals surface area contributed by atoms with Crippen molar-refractivity contribution in [2.24, 2.45) is 0 Å². The Morgan fingerprint density at radius 3 is 0.865 bits per heavy atom. The minimum atomic E-state index is 0.636. The van der Waals surface area contributed by atoms with Crippen molar-refractivity contribution >= 4 is 132 Å². The number of furan rings is 6. The zero-order valence-corrected chi connectivity index (χ0v) is 67.5. The molecule has 0 radical (unpaired) electrons. The van der Waals surface area contributed by atoms with Gasteiger partial charge in [0.2, 0.25) is 0 Å². The van der Waals surface area contributed by atoms with Gasteiger partial charge in [-0.05, 0) is 147 Å². The second-order valence-electron chi connectivity index (χ2n) is 32.1. The maximum absolute atomic E-state index is 6.66. The van der Waals surface area contributed by atoms with Crippen molar-refractivity contribution in [2.75, 3.05) is 0 Å². The highest BCUT2D eigenvalue weighted by molar-refractivity contribution is 6.15. The van der Waals surface area contributed by atoms with Crippen LogP contribution in [0.15, 0.2) is 439 Å². The van der Waals surface area contributed by atoms with E-state index in [1.165, 1.54) is 0 Å². The lowest BCUT2D eigenvalue weighted by Gasteiger charge is -2.15. The Balaban J connectivity index is 0.000000137. The highest BCUT2D eigenvalue weighted by Gasteiger charge is 2.25. The molecule has 26 rings (SSSR count). The molecule has 0 atom stereocenters. The van der Waals surface area contributed by atoms with Crippen molar-refractivity contribution in [1.29, 1.82) is 0 Å². The monoisotopic (exact) mass is 1610 g/mol. The summed E-state index contributed by atoms with van der Waals surface area (Å²) in [6.07, 6.45) is 0. The number of para-hydroxylation sites is 9. The lowest BCUT2D eigenvalue weighted by molar-refractivity contribution is 0.668. The van der Waals surface area contributed by atoms with Crippen LogP contribution in [-0.2, 0) is 0 Å². The van der Waals surface area contributed by atoms with E-state index in [0.29, 0.717) is 11.6 Å². The molecule has 0 amide bonds. The standard InChI is InChI=1S/2C58H34N2O3/c1-2-13-37(14-3-1)58-59-50(36-29-27-35(28-30-36)39-18-10-21-46-42-15-4-7-24-52(42)61-55(39)46)34-51(60-58)49-33-38(40-19-11-22-47-43-16-5-8-25-53(43)62-56(40)47)31-32-41(49)45-20-12-23-48-44-17-6-9-26-54(44)63-57(45)48;1-2-10-37(11-3-1)58-59-50(36-20-18-35(19-21-36)38-23-27-55-47(31-38)43-12-4-7-15-52(43)61-55)34-51(60-58)46-30-39(40-24-28-56-48(32-40)44-13-5-8-16-53(44)62-56)22-26-42(46)41-25-29-57-49(33-41)45-14-6-9-17-54(45)63-57/h2*1-34H. The summed E-state index contributed by atoms with van der Waals surface area (Å²) in [7, 11) is 0. The Kier molecular flexibility index (Phi) is 16.7. The first-order valence-corrected chi connectivity index (χ1v) is 42.2. The van der Waals surface area contributed by atoms with E-state index in [1.807, 2.05) is 109 Å². The van der Waals surface area contributed by atoms with Crippen molar-refractivity contribution in [3.05, 3.63) is 413 Å². The van der Waals surface area contributed by atoms with E-state index in [9.17, 15) is 0 Å². The quantitative estimate of drug-likeness (QED) is 0.117. The molecule has 0 aliphatic carbocycles. The molecule has 0 saturated heterocycles. The second kappa shape index (κ2) is 29.4. The van der Waals surface area contributed by atoms with Crippen molar-refractivity contribution in [1.82, 2.24) is 19.9 Å². The first-order chi connectivity index (χ1) is 62.4. The highest BCUT2D eigenvalue weighted by atomic mass is 16.3. The van der Waals surface area contributed by atoms with Gasteiger partial charge in [-0.2, -0.15) is 0 Å². The molecule has 10 nitrogen and oxygen atoms in total. The molecule has 588 valence electrons. The predicted octanol–water partition coefficient (Wildman–Crippen LogP) is 32.4. The molecule has 10 heteroatoms. The molecule has 8 heterocycles. The molecule has 126 heavy (non-hydrogen) atoms. The molecule has 0 unspecified atom stereocenters. The largest absolute Gasteiger partial charge is 0.456 e. The van der Waals surface area contributed by atoms with Crippen LogP contribution in [0.5, 0.6) is 0 Å². The number of hydrogen-bond acceptors (Lipinski definition) is 10. The van der Waals surface area contributed by atoms with Crippen LogP contribution >= 0.6 is 0 Å². The van der Waals surface area contributed by atoms with Crippen LogP contribution in [0.2, 0.25) is 0 Å². The topological polar surface area (TPSA) is 130 Å². The summed E-state index contributed by atoms with van der Waals surface area (Å²) >= 11 is 0. The Hall–Kier alpha value is -17.1. The van der Waals surface area contributed by atoms with Crippen LogP contribution in [-0.4, -0.2) is 19.9 Å². The third-order valence-electron chi connectivity index (χ3n) is 24.7.